The Morgan fingerprint density at radius 1 is 1.00 bits per heavy atom. The van der Waals surface area contributed by atoms with Crippen LogP contribution in [0.3, 0.4) is 0 Å². The van der Waals surface area contributed by atoms with Gasteiger partial charge in [0.1, 0.15) is 29.5 Å². The van der Waals surface area contributed by atoms with Crippen molar-refractivity contribution in [2.24, 2.45) is 5.92 Å². The van der Waals surface area contributed by atoms with Crippen LogP contribution in [-0.4, -0.2) is 32.0 Å². The van der Waals surface area contributed by atoms with Crippen LogP contribution in [0.4, 0.5) is 4.39 Å². The van der Waals surface area contributed by atoms with Crippen LogP contribution in [0.2, 0.25) is 0 Å². The summed E-state index contributed by atoms with van der Waals surface area (Å²) >= 11 is 0. The van der Waals surface area contributed by atoms with Crippen molar-refractivity contribution in [2.75, 3.05) is 20.2 Å². The van der Waals surface area contributed by atoms with Crippen molar-refractivity contribution in [1.82, 2.24) is 10.6 Å². The molecule has 0 bridgehead atoms. The molecule has 2 N–H and O–H groups in total. The largest absolute Gasteiger partial charge is 0.481 e. The highest BCUT2D eigenvalue weighted by atomic mass is 19.1. The molecule has 0 unspecified atom stereocenters. The first kappa shape index (κ1) is 25.5. The van der Waals surface area contributed by atoms with Gasteiger partial charge in [0.15, 0.2) is 0 Å². The van der Waals surface area contributed by atoms with Crippen molar-refractivity contribution in [3.63, 3.8) is 0 Å². The minimum Gasteiger partial charge on any atom is -0.481 e. The highest BCUT2D eigenvalue weighted by Crippen LogP contribution is 2.37. The Bertz CT molecular complexity index is 1500. The second kappa shape index (κ2) is 11.0. The van der Waals surface area contributed by atoms with Crippen LogP contribution in [0.1, 0.15) is 34.6 Å². The summed E-state index contributed by atoms with van der Waals surface area (Å²) in [5.41, 5.74) is 3.28. The third kappa shape index (κ3) is 5.65. The number of benzene rings is 3. The van der Waals surface area contributed by atoms with Gasteiger partial charge >= 0.3 is 0 Å². The molecule has 2 amide bonds. The van der Waals surface area contributed by atoms with Gasteiger partial charge < -0.3 is 19.8 Å². The van der Waals surface area contributed by atoms with Crippen molar-refractivity contribution in [1.29, 1.82) is 0 Å². The van der Waals surface area contributed by atoms with E-state index in [-0.39, 0.29) is 24.2 Å². The average Bonchev–Trinajstić information content (AvgIpc) is 3.29. The molecule has 1 heterocycles. The molecule has 0 spiro atoms. The van der Waals surface area contributed by atoms with Gasteiger partial charge in [-0.3, -0.25) is 9.59 Å². The van der Waals surface area contributed by atoms with E-state index < -0.39 is 0 Å². The maximum Gasteiger partial charge on any atom is 0.255 e. The van der Waals surface area contributed by atoms with Crippen LogP contribution in [0, 0.1) is 24.1 Å². The van der Waals surface area contributed by atoms with Crippen LogP contribution in [0.5, 0.6) is 5.75 Å². The number of halogens is 1. The third-order valence-electron chi connectivity index (χ3n) is 5.74. The lowest BCUT2D eigenvalue weighted by Crippen LogP contribution is -2.27. The highest BCUT2D eigenvalue weighted by molar-refractivity contribution is 6.12. The van der Waals surface area contributed by atoms with Crippen molar-refractivity contribution < 1.29 is 23.1 Å². The Hall–Kier alpha value is -4.57. The summed E-state index contributed by atoms with van der Waals surface area (Å²) in [5, 5.41) is 6.15. The zero-order valence-electron chi connectivity index (χ0n) is 20.9. The van der Waals surface area contributed by atoms with Crippen LogP contribution >= 0.6 is 0 Å². The summed E-state index contributed by atoms with van der Waals surface area (Å²) in [6.07, 6.45) is 5.36. The first-order valence-electron chi connectivity index (χ1n) is 11.8. The number of carbonyl (C=O) groups is 2. The number of hydrogen-bond acceptors (Lipinski definition) is 4. The average molecular weight is 499 g/mol. The fourth-order valence-electron chi connectivity index (χ4n) is 3.94. The molecule has 0 fully saturated rings. The Kier molecular flexibility index (Phi) is 7.59. The number of nitrogens with one attached hydrogen (secondary N) is 2. The van der Waals surface area contributed by atoms with Crippen molar-refractivity contribution >= 4 is 22.8 Å². The first-order chi connectivity index (χ1) is 17.8. The predicted octanol–water partition coefficient (Wildman–Crippen LogP) is 5.66. The van der Waals surface area contributed by atoms with Crippen molar-refractivity contribution in [3.05, 3.63) is 77.6 Å². The van der Waals surface area contributed by atoms with Gasteiger partial charge in [-0.15, -0.1) is 6.42 Å². The molecule has 4 aromatic rings. The van der Waals surface area contributed by atoms with E-state index in [1.54, 1.807) is 36.4 Å². The first-order valence-corrected chi connectivity index (χ1v) is 11.8. The summed E-state index contributed by atoms with van der Waals surface area (Å²) in [4.78, 5) is 25.7. The number of terminal acetylenes is 1. The zero-order chi connectivity index (χ0) is 26.5. The zero-order valence-corrected chi connectivity index (χ0v) is 20.9. The topological polar surface area (TPSA) is 80.6 Å². The van der Waals surface area contributed by atoms with E-state index in [9.17, 15) is 14.0 Å². The molecule has 4 rings (SSSR count). The van der Waals surface area contributed by atoms with Crippen LogP contribution in [0.15, 0.2) is 65.1 Å². The number of rotatable bonds is 8. The van der Waals surface area contributed by atoms with Gasteiger partial charge in [-0.25, -0.2) is 4.39 Å². The van der Waals surface area contributed by atoms with E-state index in [1.165, 1.54) is 19.2 Å². The van der Waals surface area contributed by atoms with E-state index >= 15 is 0 Å². The van der Waals surface area contributed by atoms with Gasteiger partial charge in [0.05, 0.1) is 5.56 Å². The van der Waals surface area contributed by atoms with Gasteiger partial charge in [-0.05, 0) is 71.6 Å². The lowest BCUT2D eigenvalue weighted by molar-refractivity contribution is 0.0945. The number of fused-ring (bicyclic) bond motifs is 1. The Morgan fingerprint density at radius 2 is 1.73 bits per heavy atom. The predicted molar refractivity (Wildman–Crippen MR) is 142 cm³/mol. The second-order valence-electron chi connectivity index (χ2n) is 8.95. The van der Waals surface area contributed by atoms with Gasteiger partial charge in [0.25, 0.3) is 11.8 Å². The Morgan fingerprint density at radius 3 is 2.41 bits per heavy atom. The van der Waals surface area contributed by atoms with Gasteiger partial charge in [0, 0.05) is 30.1 Å². The maximum absolute atomic E-state index is 13.5. The molecule has 1 aromatic heterocycles. The van der Waals surface area contributed by atoms with Crippen molar-refractivity contribution in [3.8, 4) is 40.5 Å². The molecule has 0 saturated carbocycles. The molecule has 188 valence electrons. The third-order valence-corrected chi connectivity index (χ3v) is 5.74. The van der Waals surface area contributed by atoms with E-state index in [0.717, 1.165) is 5.56 Å². The number of hydrogen-bond donors (Lipinski definition) is 2. The molecule has 0 atom stereocenters. The van der Waals surface area contributed by atoms with Crippen LogP contribution in [0.25, 0.3) is 33.4 Å². The maximum atomic E-state index is 13.5. The Balaban J connectivity index is 1.84. The molecule has 0 aliphatic heterocycles. The fraction of sp³-hybridized carbons (Fsp3) is 0.200. The summed E-state index contributed by atoms with van der Waals surface area (Å²) in [6, 6.07) is 16.4. The smallest absolute Gasteiger partial charge is 0.255 e. The molecule has 3 aromatic carbocycles. The molecule has 0 saturated heterocycles. The molecule has 37 heavy (non-hydrogen) atoms. The van der Waals surface area contributed by atoms with Gasteiger partial charge in [0.2, 0.25) is 0 Å². The molecule has 0 radical (unpaired) electrons. The Labute approximate surface area is 214 Å². The van der Waals surface area contributed by atoms with E-state index in [0.29, 0.717) is 57.2 Å². The SMILES string of the molecule is C#CCOc1cc(C(=O)NCC(C)C)cc(-c2ccc3oc(-c4ccc(F)cc4)c(C(=O)NC)c3c2)c1. The normalized spacial score (nSPS) is 10.8. The quantitative estimate of drug-likeness (QED) is 0.307. The lowest BCUT2D eigenvalue weighted by atomic mass is 9.98. The summed E-state index contributed by atoms with van der Waals surface area (Å²) in [5.74, 6) is 2.57. The fourth-order valence-corrected chi connectivity index (χ4v) is 3.94. The van der Waals surface area contributed by atoms with E-state index in [1.807, 2.05) is 26.0 Å². The standard InChI is InChI=1S/C30H27FN2O4/c1-5-12-36-24-14-21(13-22(15-24)29(34)33-17-18(2)3)20-8-11-26-25(16-20)27(30(35)32-4)28(37-26)19-6-9-23(31)10-7-19/h1,6-11,13-16,18H,12,17H2,2-4H3,(H,32,35)(H,33,34). The molecular formula is C30H27FN2O4. The minimum atomic E-state index is -0.385. The molecule has 7 heteroatoms. The number of furan rings is 1. The highest BCUT2D eigenvalue weighted by Gasteiger charge is 2.22. The number of carbonyl (C=O) groups excluding carboxylic acids is 2. The minimum absolute atomic E-state index is 0.0547. The van der Waals surface area contributed by atoms with Gasteiger partial charge in [-0.2, -0.15) is 0 Å². The molecule has 6 nitrogen and oxygen atoms in total. The monoisotopic (exact) mass is 498 g/mol. The van der Waals surface area contributed by atoms with Gasteiger partial charge in [-0.1, -0.05) is 25.8 Å². The van der Waals surface area contributed by atoms with Crippen LogP contribution in [-0.2, 0) is 0 Å². The molecular weight excluding hydrogens is 471 g/mol. The van der Waals surface area contributed by atoms with Crippen LogP contribution < -0.4 is 15.4 Å². The number of ether oxygens (including phenoxy) is 1. The summed E-state index contributed by atoms with van der Waals surface area (Å²) in [6.45, 7) is 4.62. The molecule has 0 aliphatic rings. The van der Waals surface area contributed by atoms with E-state index in [2.05, 4.69) is 16.6 Å². The van der Waals surface area contributed by atoms with E-state index in [4.69, 9.17) is 15.6 Å². The molecule has 0 aliphatic carbocycles. The second-order valence-corrected chi connectivity index (χ2v) is 8.95. The van der Waals surface area contributed by atoms with Crippen molar-refractivity contribution in [2.45, 2.75) is 13.8 Å². The lowest BCUT2D eigenvalue weighted by Gasteiger charge is -2.12. The summed E-state index contributed by atoms with van der Waals surface area (Å²) < 4.78 is 25.2. The summed E-state index contributed by atoms with van der Waals surface area (Å²) in [7, 11) is 1.54. The number of amides is 2.